The third-order valence-electron chi connectivity index (χ3n) is 3.94. The van der Waals surface area contributed by atoms with E-state index < -0.39 is 10.0 Å². The van der Waals surface area contributed by atoms with Crippen LogP contribution in [0.5, 0.6) is 5.75 Å². The number of anilines is 2. The number of carbonyl (C=O) groups is 1. The van der Waals surface area contributed by atoms with E-state index >= 15 is 0 Å². The molecule has 146 valence electrons. The third-order valence-corrected chi connectivity index (χ3v) is 5.45. The maximum Gasteiger partial charge on any atom is 0.262 e. The Morgan fingerprint density at radius 2 is 1.93 bits per heavy atom. The molecule has 2 aromatic carbocycles. The fourth-order valence-corrected chi connectivity index (χ4v) is 3.82. The molecule has 7 nitrogen and oxygen atoms in total. The van der Waals surface area contributed by atoms with Crippen molar-refractivity contribution in [1.82, 2.24) is 0 Å². The van der Waals surface area contributed by atoms with Gasteiger partial charge < -0.3 is 15.8 Å². The van der Waals surface area contributed by atoms with Crippen molar-refractivity contribution in [2.75, 3.05) is 17.1 Å². The monoisotopic (exact) mass is 391 g/mol. The van der Waals surface area contributed by atoms with Crippen LogP contribution >= 0.6 is 0 Å². The summed E-state index contributed by atoms with van der Waals surface area (Å²) in [6.07, 6.45) is 0.825. The summed E-state index contributed by atoms with van der Waals surface area (Å²) < 4.78 is 33.4. The van der Waals surface area contributed by atoms with Crippen molar-refractivity contribution < 1.29 is 17.9 Å². The molecular weight excluding hydrogens is 366 g/mol. The molecule has 1 atom stereocenters. The Morgan fingerprint density at radius 1 is 1.22 bits per heavy atom. The molecule has 0 spiro atoms. The van der Waals surface area contributed by atoms with Crippen LogP contribution in [0.4, 0.5) is 11.4 Å². The average Bonchev–Trinajstić information content (AvgIpc) is 2.61. The van der Waals surface area contributed by atoms with E-state index in [4.69, 9.17) is 10.5 Å². The Balaban J connectivity index is 2.25. The second kappa shape index (κ2) is 8.88. The molecule has 0 fully saturated rings. The molecular formula is C19H25N3O4S. The number of aryl methyl sites for hydroxylation is 1. The van der Waals surface area contributed by atoms with Crippen LogP contribution in [0.1, 0.15) is 25.3 Å². The summed E-state index contributed by atoms with van der Waals surface area (Å²) in [5.74, 6) is 0.205. The highest BCUT2D eigenvalue weighted by atomic mass is 32.2. The predicted molar refractivity (Wildman–Crippen MR) is 106 cm³/mol. The van der Waals surface area contributed by atoms with Crippen LogP contribution in [0.2, 0.25) is 0 Å². The summed E-state index contributed by atoms with van der Waals surface area (Å²) >= 11 is 0. The summed E-state index contributed by atoms with van der Waals surface area (Å²) in [7, 11) is -2.39. The van der Waals surface area contributed by atoms with Crippen LogP contribution < -0.4 is 20.5 Å². The number of hydrogen-bond donors (Lipinski definition) is 3. The summed E-state index contributed by atoms with van der Waals surface area (Å²) in [6, 6.07) is 11.4. The van der Waals surface area contributed by atoms with Gasteiger partial charge in [0.25, 0.3) is 10.0 Å². The van der Waals surface area contributed by atoms with Crippen molar-refractivity contribution in [2.24, 2.45) is 5.73 Å². The molecule has 1 amide bonds. The molecule has 8 heteroatoms. The average molecular weight is 391 g/mol. The number of sulfonamides is 1. The predicted octanol–water partition coefficient (Wildman–Crippen LogP) is 2.87. The van der Waals surface area contributed by atoms with E-state index in [0.717, 1.165) is 0 Å². The number of benzene rings is 2. The minimum atomic E-state index is -3.86. The van der Waals surface area contributed by atoms with E-state index in [1.165, 1.54) is 13.2 Å². The highest BCUT2D eigenvalue weighted by molar-refractivity contribution is 7.92. The molecule has 0 aliphatic carbocycles. The molecule has 0 saturated heterocycles. The standard InChI is InChI=1S/C19H25N3O4S/c1-13-8-10-15(21-19(23)11-9-14(2)20)12-18(13)27(24,25)22-16-6-4-5-7-17(16)26-3/h4-8,10,12,14,22H,9,11,20H2,1-3H3,(H,21,23). The molecule has 0 aromatic heterocycles. The number of nitrogens with one attached hydrogen (secondary N) is 2. The van der Waals surface area contributed by atoms with E-state index in [-0.39, 0.29) is 23.3 Å². The molecule has 0 heterocycles. The summed E-state index contributed by atoms with van der Waals surface area (Å²) in [5.41, 5.74) is 6.97. The number of nitrogens with two attached hydrogens (primary N) is 1. The first kappa shape index (κ1) is 20.7. The maximum atomic E-state index is 12.8. The Bertz CT molecular complexity index is 911. The van der Waals surface area contributed by atoms with Gasteiger partial charge in [-0.15, -0.1) is 0 Å². The lowest BCUT2D eigenvalue weighted by Gasteiger charge is -2.14. The van der Waals surface area contributed by atoms with Crippen molar-refractivity contribution in [3.8, 4) is 5.75 Å². The maximum absolute atomic E-state index is 12.8. The van der Waals surface area contributed by atoms with Gasteiger partial charge in [0.2, 0.25) is 5.91 Å². The minimum absolute atomic E-state index is 0.0743. The first-order valence-corrected chi connectivity index (χ1v) is 10.0. The number of hydrogen-bond acceptors (Lipinski definition) is 5. The molecule has 4 N–H and O–H groups in total. The molecule has 1 unspecified atom stereocenters. The molecule has 0 bridgehead atoms. The Hall–Kier alpha value is -2.58. The third kappa shape index (κ3) is 5.70. The highest BCUT2D eigenvalue weighted by Crippen LogP contribution is 2.28. The van der Waals surface area contributed by atoms with Crippen LogP contribution in [0.15, 0.2) is 47.4 Å². The first-order valence-electron chi connectivity index (χ1n) is 8.55. The fourth-order valence-electron chi connectivity index (χ4n) is 2.48. The van der Waals surface area contributed by atoms with Crippen molar-refractivity contribution >= 4 is 27.3 Å². The van der Waals surface area contributed by atoms with Gasteiger partial charge in [0.15, 0.2) is 0 Å². The van der Waals surface area contributed by atoms with Gasteiger partial charge in [-0.25, -0.2) is 8.42 Å². The van der Waals surface area contributed by atoms with Gasteiger partial charge in [0.05, 0.1) is 17.7 Å². The summed E-state index contributed by atoms with van der Waals surface area (Å²) in [4.78, 5) is 12.1. The van der Waals surface area contributed by atoms with Gasteiger partial charge in [-0.3, -0.25) is 9.52 Å². The molecule has 0 saturated carbocycles. The zero-order chi connectivity index (χ0) is 20.0. The normalized spacial score (nSPS) is 12.3. The zero-order valence-corrected chi connectivity index (χ0v) is 16.5. The van der Waals surface area contributed by atoms with Crippen LogP contribution in [0.25, 0.3) is 0 Å². The van der Waals surface area contributed by atoms with Crippen molar-refractivity contribution in [2.45, 2.75) is 37.6 Å². The van der Waals surface area contributed by atoms with Crippen LogP contribution in [-0.4, -0.2) is 27.5 Å². The number of para-hydroxylation sites is 2. The molecule has 2 rings (SSSR count). The smallest absolute Gasteiger partial charge is 0.262 e. The lowest BCUT2D eigenvalue weighted by atomic mass is 10.2. The van der Waals surface area contributed by atoms with Crippen molar-refractivity contribution in [1.29, 1.82) is 0 Å². The Kier molecular flexibility index (Phi) is 6.81. The van der Waals surface area contributed by atoms with Gasteiger partial charge >= 0.3 is 0 Å². The molecule has 0 radical (unpaired) electrons. The quantitative estimate of drug-likeness (QED) is 0.641. The van der Waals surface area contributed by atoms with Crippen LogP contribution in [-0.2, 0) is 14.8 Å². The van der Waals surface area contributed by atoms with E-state index in [9.17, 15) is 13.2 Å². The van der Waals surface area contributed by atoms with Crippen molar-refractivity contribution in [3.63, 3.8) is 0 Å². The van der Waals surface area contributed by atoms with Gasteiger partial charge in [-0.05, 0) is 50.1 Å². The van der Waals surface area contributed by atoms with Gasteiger partial charge in [0.1, 0.15) is 5.75 Å². The van der Waals surface area contributed by atoms with Gasteiger partial charge in [-0.2, -0.15) is 0 Å². The summed E-state index contributed by atoms with van der Waals surface area (Å²) in [6.45, 7) is 3.52. The second-order valence-corrected chi connectivity index (χ2v) is 8.00. The van der Waals surface area contributed by atoms with Crippen molar-refractivity contribution in [3.05, 3.63) is 48.0 Å². The number of amides is 1. The van der Waals surface area contributed by atoms with E-state index in [1.807, 2.05) is 6.92 Å². The SMILES string of the molecule is COc1ccccc1NS(=O)(=O)c1cc(NC(=O)CCC(C)N)ccc1C. The molecule has 27 heavy (non-hydrogen) atoms. The lowest BCUT2D eigenvalue weighted by Crippen LogP contribution is -2.20. The Labute approximate surface area is 160 Å². The molecule has 0 aliphatic rings. The van der Waals surface area contributed by atoms with E-state index in [1.54, 1.807) is 43.3 Å². The molecule has 0 aliphatic heterocycles. The number of methoxy groups -OCH3 is 1. The van der Waals surface area contributed by atoms with Gasteiger partial charge in [0, 0.05) is 18.2 Å². The van der Waals surface area contributed by atoms with Gasteiger partial charge in [-0.1, -0.05) is 18.2 Å². The van der Waals surface area contributed by atoms with E-state index in [2.05, 4.69) is 10.0 Å². The topological polar surface area (TPSA) is 111 Å². The van der Waals surface area contributed by atoms with Crippen LogP contribution in [0.3, 0.4) is 0 Å². The number of carbonyl (C=O) groups excluding carboxylic acids is 1. The highest BCUT2D eigenvalue weighted by Gasteiger charge is 2.19. The fraction of sp³-hybridized carbons (Fsp3) is 0.316. The number of rotatable bonds is 8. The zero-order valence-electron chi connectivity index (χ0n) is 15.7. The van der Waals surface area contributed by atoms with E-state index in [0.29, 0.717) is 29.1 Å². The van der Waals surface area contributed by atoms with Crippen LogP contribution in [0, 0.1) is 6.92 Å². The first-order chi connectivity index (χ1) is 12.7. The number of ether oxygens (including phenoxy) is 1. The lowest BCUT2D eigenvalue weighted by molar-refractivity contribution is -0.116. The Morgan fingerprint density at radius 3 is 2.59 bits per heavy atom. The largest absolute Gasteiger partial charge is 0.495 e. The second-order valence-electron chi connectivity index (χ2n) is 6.35. The summed E-state index contributed by atoms with van der Waals surface area (Å²) in [5, 5.41) is 2.71. The molecule has 2 aromatic rings. The minimum Gasteiger partial charge on any atom is -0.495 e.